The summed E-state index contributed by atoms with van der Waals surface area (Å²) >= 11 is 4.80. The van der Waals surface area contributed by atoms with Gasteiger partial charge >= 0.3 is 0 Å². The molecule has 21 heavy (non-hydrogen) atoms. The average molecular weight is 327 g/mol. The summed E-state index contributed by atoms with van der Waals surface area (Å²) in [4.78, 5) is 4.28. The van der Waals surface area contributed by atoms with Crippen molar-refractivity contribution in [2.24, 2.45) is 17.6 Å². The van der Waals surface area contributed by atoms with Crippen LogP contribution in [0.2, 0.25) is 0 Å². The second-order valence-corrected chi connectivity index (χ2v) is 7.98. The fraction of sp³-hybridized carbons (Fsp3) is 0.571. The van der Waals surface area contributed by atoms with E-state index >= 15 is 0 Å². The number of sulfonamides is 1. The van der Waals surface area contributed by atoms with Crippen molar-refractivity contribution < 1.29 is 8.42 Å². The van der Waals surface area contributed by atoms with Gasteiger partial charge in [-0.3, -0.25) is 4.98 Å². The Hall–Kier alpha value is -1.05. The van der Waals surface area contributed by atoms with E-state index in [0.29, 0.717) is 17.5 Å². The summed E-state index contributed by atoms with van der Waals surface area (Å²) in [6, 6.07) is 3.01. The van der Waals surface area contributed by atoms with Crippen molar-refractivity contribution in [1.82, 2.24) is 9.71 Å². The van der Waals surface area contributed by atoms with Crippen LogP contribution in [0.5, 0.6) is 0 Å². The molecule has 5 nitrogen and oxygen atoms in total. The lowest BCUT2D eigenvalue weighted by atomic mass is 9.79. The van der Waals surface area contributed by atoms with Crippen LogP contribution in [0.25, 0.3) is 0 Å². The zero-order chi connectivity index (χ0) is 15.6. The lowest BCUT2D eigenvalue weighted by molar-refractivity contribution is 0.242. The van der Waals surface area contributed by atoms with Crippen LogP contribution in [-0.2, 0) is 10.0 Å². The number of nitrogens with zero attached hydrogens (tertiary/aromatic N) is 1. The average Bonchev–Trinajstić information content (AvgIpc) is 2.43. The molecule has 2 rings (SSSR count). The third kappa shape index (κ3) is 3.99. The minimum atomic E-state index is -3.54. The van der Waals surface area contributed by atoms with Gasteiger partial charge in [0.25, 0.3) is 0 Å². The van der Waals surface area contributed by atoms with E-state index in [1.54, 1.807) is 0 Å². The molecule has 1 saturated carbocycles. The Morgan fingerprint density at radius 1 is 1.33 bits per heavy atom. The molecular formula is C14H21N3O2S2. The quantitative estimate of drug-likeness (QED) is 0.824. The third-order valence-corrected chi connectivity index (χ3v) is 5.93. The zero-order valence-electron chi connectivity index (χ0n) is 12.2. The second kappa shape index (κ2) is 6.37. The van der Waals surface area contributed by atoms with Gasteiger partial charge < -0.3 is 5.73 Å². The predicted molar refractivity (Wildman–Crippen MR) is 86.4 cm³/mol. The highest BCUT2D eigenvalue weighted by atomic mass is 32.2. The van der Waals surface area contributed by atoms with Crippen LogP contribution in [0.15, 0.2) is 23.2 Å². The first-order valence-corrected chi connectivity index (χ1v) is 8.97. The van der Waals surface area contributed by atoms with Crippen molar-refractivity contribution in [2.45, 2.75) is 44.0 Å². The highest BCUT2D eigenvalue weighted by molar-refractivity contribution is 7.89. The zero-order valence-corrected chi connectivity index (χ0v) is 13.9. The number of hydrogen-bond acceptors (Lipinski definition) is 4. The number of nitrogens with two attached hydrogens (primary N) is 1. The van der Waals surface area contributed by atoms with Crippen LogP contribution in [0, 0.1) is 11.8 Å². The van der Waals surface area contributed by atoms with Gasteiger partial charge in [0.15, 0.2) is 0 Å². The van der Waals surface area contributed by atoms with E-state index in [1.807, 2.05) is 0 Å². The molecule has 3 N–H and O–H groups in total. The molecular weight excluding hydrogens is 306 g/mol. The number of nitrogens with one attached hydrogen (secondary N) is 1. The van der Waals surface area contributed by atoms with Crippen LogP contribution in [0.1, 0.15) is 38.8 Å². The summed E-state index contributed by atoms with van der Waals surface area (Å²) in [7, 11) is -3.54. The van der Waals surface area contributed by atoms with Gasteiger partial charge in [0.2, 0.25) is 10.0 Å². The molecule has 1 aliphatic carbocycles. The number of rotatable bonds is 4. The topological polar surface area (TPSA) is 85.1 Å². The van der Waals surface area contributed by atoms with Crippen molar-refractivity contribution >= 4 is 27.2 Å². The molecule has 1 aromatic heterocycles. The molecule has 7 heteroatoms. The standard InChI is InChI=1S/C14H21N3O2S2/c1-9-3-4-11(7-10(9)2)17-21(18,19)12-5-6-13(14(15)20)16-8-12/h5-6,8-11,17H,3-4,7H2,1-2H3,(H2,15,20). The van der Waals surface area contributed by atoms with Gasteiger partial charge in [-0.05, 0) is 43.2 Å². The van der Waals surface area contributed by atoms with Crippen molar-refractivity contribution in [2.75, 3.05) is 0 Å². The van der Waals surface area contributed by atoms with Crippen molar-refractivity contribution in [3.05, 3.63) is 24.0 Å². The highest BCUT2D eigenvalue weighted by Gasteiger charge is 2.28. The maximum absolute atomic E-state index is 12.4. The van der Waals surface area contributed by atoms with E-state index in [2.05, 4.69) is 23.6 Å². The molecule has 0 amide bonds. The molecule has 0 bridgehead atoms. The van der Waals surface area contributed by atoms with E-state index in [1.165, 1.54) is 18.3 Å². The van der Waals surface area contributed by atoms with Crippen LogP contribution >= 0.6 is 12.2 Å². The number of hydrogen-bond donors (Lipinski definition) is 2. The summed E-state index contributed by atoms with van der Waals surface area (Å²) in [5.41, 5.74) is 5.87. The Morgan fingerprint density at radius 2 is 2.05 bits per heavy atom. The van der Waals surface area contributed by atoms with Gasteiger partial charge in [0.1, 0.15) is 9.88 Å². The number of aromatic nitrogens is 1. The first-order valence-electron chi connectivity index (χ1n) is 7.08. The normalized spacial score (nSPS) is 26.5. The molecule has 0 aliphatic heterocycles. The first kappa shape index (κ1) is 16.3. The van der Waals surface area contributed by atoms with Gasteiger partial charge in [-0.1, -0.05) is 26.1 Å². The monoisotopic (exact) mass is 327 g/mol. The van der Waals surface area contributed by atoms with Crippen LogP contribution in [-0.4, -0.2) is 24.4 Å². The first-order chi connectivity index (χ1) is 9.79. The van der Waals surface area contributed by atoms with Gasteiger partial charge in [-0.15, -0.1) is 0 Å². The molecule has 0 saturated heterocycles. The summed E-state index contributed by atoms with van der Waals surface area (Å²) in [6.07, 6.45) is 4.10. The second-order valence-electron chi connectivity index (χ2n) is 5.83. The smallest absolute Gasteiger partial charge is 0.242 e. The van der Waals surface area contributed by atoms with Gasteiger partial charge in [-0.25, -0.2) is 13.1 Å². The number of pyridine rings is 1. The Balaban J connectivity index is 2.09. The van der Waals surface area contributed by atoms with Crippen molar-refractivity contribution in [3.63, 3.8) is 0 Å². The van der Waals surface area contributed by atoms with Crippen molar-refractivity contribution in [3.8, 4) is 0 Å². The fourth-order valence-electron chi connectivity index (χ4n) is 2.63. The minimum Gasteiger partial charge on any atom is -0.388 e. The van der Waals surface area contributed by atoms with Gasteiger partial charge in [0, 0.05) is 12.2 Å². The van der Waals surface area contributed by atoms with Crippen molar-refractivity contribution in [1.29, 1.82) is 0 Å². The third-order valence-electron chi connectivity index (χ3n) is 4.22. The maximum atomic E-state index is 12.4. The molecule has 1 fully saturated rings. The SMILES string of the molecule is CC1CCC(NS(=O)(=O)c2ccc(C(N)=S)nc2)CC1C. The van der Waals surface area contributed by atoms with Crippen LogP contribution in [0.3, 0.4) is 0 Å². The molecule has 0 radical (unpaired) electrons. The lowest BCUT2D eigenvalue weighted by Crippen LogP contribution is -2.39. The Kier molecular flexibility index (Phi) is 4.95. The van der Waals surface area contributed by atoms with Gasteiger partial charge in [0.05, 0.1) is 5.69 Å². The molecule has 0 aromatic carbocycles. The van der Waals surface area contributed by atoms with Crippen LogP contribution < -0.4 is 10.5 Å². The fourth-order valence-corrected chi connectivity index (χ4v) is 3.98. The molecule has 3 unspecified atom stereocenters. The Bertz CT molecular complexity index is 614. The largest absolute Gasteiger partial charge is 0.388 e. The van der Waals surface area contributed by atoms with E-state index in [9.17, 15) is 8.42 Å². The summed E-state index contributed by atoms with van der Waals surface area (Å²) < 4.78 is 27.5. The molecule has 1 aliphatic rings. The Morgan fingerprint density at radius 3 is 2.57 bits per heavy atom. The molecule has 3 atom stereocenters. The summed E-state index contributed by atoms with van der Waals surface area (Å²) in [5, 5.41) is 0. The predicted octanol–water partition coefficient (Wildman–Crippen LogP) is 1.82. The minimum absolute atomic E-state index is 0.00328. The highest BCUT2D eigenvalue weighted by Crippen LogP contribution is 2.30. The lowest BCUT2D eigenvalue weighted by Gasteiger charge is -2.32. The van der Waals surface area contributed by atoms with E-state index in [-0.39, 0.29) is 15.9 Å². The maximum Gasteiger partial charge on any atom is 0.242 e. The van der Waals surface area contributed by atoms with Crippen LogP contribution in [0.4, 0.5) is 0 Å². The van der Waals surface area contributed by atoms with Gasteiger partial charge in [-0.2, -0.15) is 0 Å². The Labute approximate surface area is 131 Å². The van der Waals surface area contributed by atoms with E-state index in [4.69, 9.17) is 18.0 Å². The molecule has 1 heterocycles. The van der Waals surface area contributed by atoms with E-state index in [0.717, 1.165) is 19.3 Å². The van der Waals surface area contributed by atoms with E-state index < -0.39 is 10.0 Å². The summed E-state index contributed by atoms with van der Waals surface area (Å²) in [6.45, 7) is 4.39. The summed E-state index contributed by atoms with van der Waals surface area (Å²) in [5.74, 6) is 1.18. The molecule has 0 spiro atoms. The molecule has 116 valence electrons. The number of thiocarbonyl (C=S) groups is 1. The molecule has 1 aromatic rings.